The lowest BCUT2D eigenvalue weighted by Crippen LogP contribution is -1.97. The third kappa shape index (κ3) is 2.47. The molecule has 2 rings (SSSR count). The molecule has 0 aliphatic rings. The molecule has 0 spiro atoms. The van der Waals surface area contributed by atoms with Crippen LogP contribution in [0.4, 0.5) is 5.69 Å². The number of para-hydroxylation sites is 1. The summed E-state index contributed by atoms with van der Waals surface area (Å²) in [5.41, 5.74) is 4.75. The maximum absolute atomic E-state index is 5.21. The second-order valence-corrected chi connectivity index (χ2v) is 3.15. The normalized spacial score (nSPS) is 11.4. The van der Waals surface area contributed by atoms with E-state index in [4.69, 9.17) is 4.42 Å². The van der Waals surface area contributed by atoms with E-state index in [9.17, 15) is 0 Å². The number of rotatable bonds is 3. The zero-order valence-electron chi connectivity index (χ0n) is 8.47. The van der Waals surface area contributed by atoms with Crippen LogP contribution in [0.15, 0.2) is 58.2 Å². The minimum Gasteiger partial charge on any atom is -0.463 e. The van der Waals surface area contributed by atoms with Crippen LogP contribution in [0.5, 0.6) is 0 Å². The van der Waals surface area contributed by atoms with Crippen molar-refractivity contribution in [1.29, 1.82) is 0 Å². The Hall–Kier alpha value is -2.03. The molecule has 76 valence electrons. The summed E-state index contributed by atoms with van der Waals surface area (Å²) in [5, 5.41) is 4.21. The van der Waals surface area contributed by atoms with Crippen molar-refractivity contribution in [2.75, 3.05) is 5.43 Å². The summed E-state index contributed by atoms with van der Waals surface area (Å²) < 4.78 is 5.21. The van der Waals surface area contributed by atoms with E-state index in [2.05, 4.69) is 10.5 Å². The number of hydrazone groups is 1. The first-order valence-corrected chi connectivity index (χ1v) is 4.75. The molecule has 0 saturated carbocycles. The molecule has 0 fully saturated rings. The van der Waals surface area contributed by atoms with Crippen molar-refractivity contribution in [3.8, 4) is 0 Å². The average molecular weight is 200 g/mol. The quantitative estimate of drug-likeness (QED) is 0.610. The van der Waals surface area contributed by atoms with E-state index < -0.39 is 0 Å². The fraction of sp³-hybridized carbons (Fsp3) is 0.0833. The van der Waals surface area contributed by atoms with E-state index in [0.29, 0.717) is 0 Å². The van der Waals surface area contributed by atoms with Crippen LogP contribution in [0.3, 0.4) is 0 Å². The van der Waals surface area contributed by atoms with Gasteiger partial charge in [-0.05, 0) is 31.2 Å². The maximum atomic E-state index is 5.21. The van der Waals surface area contributed by atoms with E-state index >= 15 is 0 Å². The van der Waals surface area contributed by atoms with Crippen LogP contribution in [0.2, 0.25) is 0 Å². The molecule has 3 heteroatoms. The molecule has 0 aliphatic carbocycles. The molecule has 0 atom stereocenters. The molecule has 0 saturated heterocycles. The summed E-state index contributed by atoms with van der Waals surface area (Å²) in [4.78, 5) is 0. The molecule has 0 unspecified atom stereocenters. The van der Waals surface area contributed by atoms with E-state index in [1.54, 1.807) is 6.26 Å². The Balaban J connectivity index is 2.06. The largest absolute Gasteiger partial charge is 0.463 e. The molecule has 2 aromatic rings. The first kappa shape index (κ1) is 9.52. The lowest BCUT2D eigenvalue weighted by atomic mass is 10.3. The van der Waals surface area contributed by atoms with Gasteiger partial charge in [0, 0.05) is 0 Å². The molecule has 3 nitrogen and oxygen atoms in total. The second-order valence-electron chi connectivity index (χ2n) is 3.15. The van der Waals surface area contributed by atoms with Gasteiger partial charge in [-0.25, -0.2) is 0 Å². The highest BCUT2D eigenvalue weighted by Crippen LogP contribution is 2.06. The number of hydrogen-bond donors (Lipinski definition) is 1. The first-order valence-electron chi connectivity index (χ1n) is 4.75. The van der Waals surface area contributed by atoms with Crippen molar-refractivity contribution in [3.63, 3.8) is 0 Å². The standard InChI is InChI=1S/C12H12N2O/c1-10(12-8-5-9-15-12)13-14-11-6-3-2-4-7-11/h2-9,14H,1H3/b13-10+. The molecule has 0 amide bonds. The molecular weight excluding hydrogens is 188 g/mol. The number of hydrogen-bond acceptors (Lipinski definition) is 3. The third-order valence-electron chi connectivity index (χ3n) is 2.00. The van der Waals surface area contributed by atoms with Gasteiger partial charge < -0.3 is 4.42 Å². The lowest BCUT2D eigenvalue weighted by molar-refractivity contribution is 0.557. The monoisotopic (exact) mass is 200 g/mol. The first-order chi connectivity index (χ1) is 7.36. The van der Waals surface area contributed by atoms with Crippen LogP contribution in [0.25, 0.3) is 0 Å². The predicted molar refractivity (Wildman–Crippen MR) is 61.0 cm³/mol. The molecule has 1 heterocycles. The van der Waals surface area contributed by atoms with Gasteiger partial charge in [-0.15, -0.1) is 0 Å². The Morgan fingerprint density at radius 1 is 1.13 bits per heavy atom. The highest BCUT2D eigenvalue weighted by molar-refractivity contribution is 5.96. The molecule has 1 aromatic carbocycles. The number of furan rings is 1. The van der Waals surface area contributed by atoms with E-state index in [0.717, 1.165) is 17.2 Å². The second kappa shape index (κ2) is 4.46. The predicted octanol–water partition coefficient (Wildman–Crippen LogP) is 3.12. The summed E-state index contributed by atoms with van der Waals surface area (Å²) in [6.45, 7) is 1.90. The Morgan fingerprint density at radius 3 is 2.60 bits per heavy atom. The zero-order valence-corrected chi connectivity index (χ0v) is 8.47. The van der Waals surface area contributed by atoms with Crippen LogP contribution in [-0.4, -0.2) is 5.71 Å². The van der Waals surface area contributed by atoms with Crippen LogP contribution < -0.4 is 5.43 Å². The van der Waals surface area contributed by atoms with E-state index in [-0.39, 0.29) is 0 Å². The molecule has 1 aromatic heterocycles. The molecule has 15 heavy (non-hydrogen) atoms. The molecule has 0 bridgehead atoms. The summed E-state index contributed by atoms with van der Waals surface area (Å²) in [6, 6.07) is 13.5. The summed E-state index contributed by atoms with van der Waals surface area (Å²) >= 11 is 0. The minimum atomic E-state index is 0.776. The average Bonchev–Trinajstić information content (AvgIpc) is 2.81. The number of anilines is 1. The smallest absolute Gasteiger partial charge is 0.149 e. The Bertz CT molecular complexity index is 432. The fourth-order valence-electron chi connectivity index (χ4n) is 1.20. The van der Waals surface area contributed by atoms with Crippen LogP contribution >= 0.6 is 0 Å². The van der Waals surface area contributed by atoms with Crippen molar-refractivity contribution >= 4 is 11.4 Å². The van der Waals surface area contributed by atoms with Gasteiger partial charge in [0.1, 0.15) is 11.5 Å². The molecule has 0 radical (unpaired) electrons. The highest BCUT2D eigenvalue weighted by Gasteiger charge is 1.98. The van der Waals surface area contributed by atoms with Crippen molar-refractivity contribution in [3.05, 3.63) is 54.5 Å². The van der Waals surface area contributed by atoms with Gasteiger partial charge in [-0.3, -0.25) is 5.43 Å². The van der Waals surface area contributed by atoms with Crippen molar-refractivity contribution in [2.45, 2.75) is 6.92 Å². The third-order valence-corrected chi connectivity index (χ3v) is 2.00. The van der Waals surface area contributed by atoms with Gasteiger partial charge in [0.2, 0.25) is 0 Å². The van der Waals surface area contributed by atoms with Gasteiger partial charge in [0.25, 0.3) is 0 Å². The Morgan fingerprint density at radius 2 is 1.93 bits per heavy atom. The molecule has 1 N–H and O–H groups in total. The number of nitrogens with one attached hydrogen (secondary N) is 1. The van der Waals surface area contributed by atoms with Gasteiger partial charge >= 0.3 is 0 Å². The van der Waals surface area contributed by atoms with Gasteiger partial charge in [-0.1, -0.05) is 18.2 Å². The highest BCUT2D eigenvalue weighted by atomic mass is 16.3. The van der Waals surface area contributed by atoms with E-state index in [1.807, 2.05) is 49.4 Å². The lowest BCUT2D eigenvalue weighted by Gasteiger charge is -2.00. The summed E-state index contributed by atoms with van der Waals surface area (Å²) in [5.74, 6) is 0.776. The SMILES string of the molecule is C/C(=N\Nc1ccccc1)c1ccco1. The Labute approximate surface area is 88.4 Å². The Kier molecular flexibility index (Phi) is 2.83. The van der Waals surface area contributed by atoms with Gasteiger partial charge in [0.15, 0.2) is 0 Å². The molecular formula is C12H12N2O. The summed E-state index contributed by atoms with van der Waals surface area (Å²) in [6.07, 6.45) is 1.64. The van der Waals surface area contributed by atoms with Crippen molar-refractivity contribution in [2.24, 2.45) is 5.10 Å². The number of nitrogens with zero attached hydrogens (tertiary/aromatic N) is 1. The molecule has 0 aliphatic heterocycles. The van der Waals surface area contributed by atoms with Crippen LogP contribution in [-0.2, 0) is 0 Å². The maximum Gasteiger partial charge on any atom is 0.149 e. The van der Waals surface area contributed by atoms with Gasteiger partial charge in [0.05, 0.1) is 12.0 Å². The topological polar surface area (TPSA) is 37.5 Å². The minimum absolute atomic E-state index is 0.776. The number of benzene rings is 1. The fourth-order valence-corrected chi connectivity index (χ4v) is 1.20. The van der Waals surface area contributed by atoms with Crippen LogP contribution in [0, 0.1) is 0 Å². The van der Waals surface area contributed by atoms with E-state index in [1.165, 1.54) is 0 Å². The van der Waals surface area contributed by atoms with Gasteiger partial charge in [-0.2, -0.15) is 5.10 Å². The zero-order chi connectivity index (χ0) is 10.5. The summed E-state index contributed by atoms with van der Waals surface area (Å²) in [7, 11) is 0. The van der Waals surface area contributed by atoms with Crippen LogP contribution in [0.1, 0.15) is 12.7 Å². The van der Waals surface area contributed by atoms with Crippen molar-refractivity contribution in [1.82, 2.24) is 0 Å². The van der Waals surface area contributed by atoms with Crippen molar-refractivity contribution < 1.29 is 4.42 Å².